The van der Waals surface area contributed by atoms with Crippen molar-refractivity contribution in [2.24, 2.45) is 46.3 Å². The molecule has 42 heavy (non-hydrogen) atoms. The number of rotatable bonds is 10. The van der Waals surface area contributed by atoms with Gasteiger partial charge in [-0.3, -0.25) is 9.59 Å². The maximum atomic E-state index is 12.6. The standard InChI is InChI=1S/C37H54O5/c1-24(2)8-6-9-25(3)31-14-15-32-30-13-12-26-22-29(18-20-36(26,4)33(30)19-21-37(31,32)5)42-35(40)17-16-34(39)41-28-11-7-10-27(38)23-28/h7,10-12,23-25,29-33,38H,6,8-9,13-22H2,1-5H3/t25?,29-,30?,31-,32?,33?,36+,37-/m1/s1. The second-order valence-electron chi connectivity index (χ2n) is 15.1. The number of esters is 2. The summed E-state index contributed by atoms with van der Waals surface area (Å²) in [6, 6.07) is 6.10. The van der Waals surface area contributed by atoms with Crippen LogP contribution in [0.25, 0.3) is 0 Å². The molecule has 0 amide bonds. The highest BCUT2D eigenvalue weighted by Gasteiger charge is 2.59. The highest BCUT2D eigenvalue weighted by molar-refractivity contribution is 5.79. The Kier molecular flexibility index (Phi) is 9.45. The molecule has 3 saturated carbocycles. The molecule has 0 heterocycles. The zero-order valence-electron chi connectivity index (χ0n) is 26.7. The fourth-order valence-corrected chi connectivity index (χ4v) is 9.93. The number of phenolic OH excluding ortho intramolecular Hbond substituents is 1. The minimum atomic E-state index is -0.502. The Bertz CT molecular complexity index is 1150. The van der Waals surface area contributed by atoms with Gasteiger partial charge in [-0.1, -0.05) is 71.6 Å². The third-order valence-corrected chi connectivity index (χ3v) is 12.1. The van der Waals surface area contributed by atoms with Gasteiger partial charge in [-0.2, -0.15) is 0 Å². The second-order valence-corrected chi connectivity index (χ2v) is 15.1. The van der Waals surface area contributed by atoms with E-state index in [1.54, 1.807) is 12.1 Å². The molecule has 0 radical (unpaired) electrons. The lowest BCUT2D eigenvalue weighted by Crippen LogP contribution is -2.51. The molecule has 232 valence electrons. The number of allylic oxidation sites excluding steroid dienone is 1. The molecule has 5 nitrogen and oxygen atoms in total. The van der Waals surface area contributed by atoms with E-state index < -0.39 is 5.97 Å². The van der Waals surface area contributed by atoms with Crippen LogP contribution in [0.1, 0.15) is 118 Å². The number of benzene rings is 1. The van der Waals surface area contributed by atoms with Gasteiger partial charge in [0.25, 0.3) is 0 Å². The Labute approximate surface area is 253 Å². The molecule has 1 aromatic carbocycles. The number of carbonyl (C=O) groups excluding carboxylic acids is 2. The Morgan fingerprint density at radius 1 is 0.976 bits per heavy atom. The molecule has 4 unspecified atom stereocenters. The SMILES string of the molecule is CC(C)CCCC(C)[C@H]1CCC2C3CC=C4C[C@H](OC(=O)CCC(=O)Oc5cccc(O)c5)CC[C@]4(C)C3CC[C@@]21C. The summed E-state index contributed by atoms with van der Waals surface area (Å²) >= 11 is 0. The molecule has 1 N–H and O–H groups in total. The van der Waals surface area contributed by atoms with E-state index in [2.05, 4.69) is 40.7 Å². The van der Waals surface area contributed by atoms with Gasteiger partial charge in [0.05, 0.1) is 12.8 Å². The van der Waals surface area contributed by atoms with E-state index in [0.717, 1.165) is 54.8 Å². The molecule has 0 aliphatic heterocycles. The van der Waals surface area contributed by atoms with Crippen LogP contribution in [0.3, 0.4) is 0 Å². The van der Waals surface area contributed by atoms with Gasteiger partial charge in [0.15, 0.2) is 0 Å². The lowest BCUT2D eigenvalue weighted by atomic mass is 9.47. The smallest absolute Gasteiger partial charge is 0.311 e. The minimum Gasteiger partial charge on any atom is -0.508 e. The van der Waals surface area contributed by atoms with Crippen molar-refractivity contribution in [2.45, 2.75) is 124 Å². The van der Waals surface area contributed by atoms with Gasteiger partial charge < -0.3 is 14.6 Å². The zero-order chi connectivity index (χ0) is 30.1. The predicted octanol–water partition coefficient (Wildman–Crippen LogP) is 9.03. The molecule has 4 aliphatic rings. The number of phenols is 1. The first-order valence-electron chi connectivity index (χ1n) is 16.9. The summed E-state index contributed by atoms with van der Waals surface area (Å²) in [5, 5.41) is 9.54. The molecule has 0 bridgehead atoms. The second kappa shape index (κ2) is 12.7. The summed E-state index contributed by atoms with van der Waals surface area (Å²) in [5.74, 6) is 4.37. The molecule has 8 atom stereocenters. The van der Waals surface area contributed by atoms with Gasteiger partial charge >= 0.3 is 11.9 Å². The van der Waals surface area contributed by atoms with Crippen molar-refractivity contribution in [2.75, 3.05) is 0 Å². The summed E-state index contributed by atoms with van der Waals surface area (Å²) < 4.78 is 11.1. The Morgan fingerprint density at radius 2 is 1.76 bits per heavy atom. The van der Waals surface area contributed by atoms with Gasteiger partial charge in [0, 0.05) is 12.5 Å². The first-order chi connectivity index (χ1) is 20.0. The zero-order valence-corrected chi connectivity index (χ0v) is 26.7. The van der Waals surface area contributed by atoms with Gasteiger partial charge in [-0.15, -0.1) is 0 Å². The largest absolute Gasteiger partial charge is 0.508 e. The van der Waals surface area contributed by atoms with E-state index in [1.807, 2.05) is 0 Å². The number of hydrogen-bond acceptors (Lipinski definition) is 5. The lowest BCUT2D eigenvalue weighted by Gasteiger charge is -2.58. The predicted molar refractivity (Wildman–Crippen MR) is 166 cm³/mol. The highest BCUT2D eigenvalue weighted by Crippen LogP contribution is 2.67. The van der Waals surface area contributed by atoms with Crippen LogP contribution < -0.4 is 4.74 Å². The van der Waals surface area contributed by atoms with Gasteiger partial charge in [0.1, 0.15) is 17.6 Å². The number of hydrogen-bond donors (Lipinski definition) is 1. The number of aromatic hydroxyl groups is 1. The Morgan fingerprint density at radius 3 is 2.52 bits per heavy atom. The fraction of sp³-hybridized carbons (Fsp3) is 0.730. The maximum Gasteiger partial charge on any atom is 0.311 e. The first-order valence-corrected chi connectivity index (χ1v) is 16.9. The van der Waals surface area contributed by atoms with Crippen LogP contribution in [0.2, 0.25) is 0 Å². The van der Waals surface area contributed by atoms with Gasteiger partial charge in [-0.25, -0.2) is 0 Å². The summed E-state index contributed by atoms with van der Waals surface area (Å²) in [5.41, 5.74) is 2.23. The molecule has 4 aliphatic carbocycles. The van der Waals surface area contributed by atoms with Crippen LogP contribution in [0.5, 0.6) is 11.5 Å². The average molecular weight is 579 g/mol. The lowest BCUT2D eigenvalue weighted by molar-refractivity contribution is -0.153. The summed E-state index contributed by atoms with van der Waals surface area (Å²) in [4.78, 5) is 24.8. The van der Waals surface area contributed by atoms with Crippen molar-refractivity contribution < 1.29 is 24.2 Å². The number of carbonyl (C=O) groups is 2. The van der Waals surface area contributed by atoms with Crippen molar-refractivity contribution in [1.29, 1.82) is 0 Å². The van der Waals surface area contributed by atoms with Crippen LogP contribution in [0.15, 0.2) is 35.9 Å². The van der Waals surface area contributed by atoms with Crippen molar-refractivity contribution in [3.05, 3.63) is 35.9 Å². The Balaban J connectivity index is 1.14. The van der Waals surface area contributed by atoms with E-state index in [1.165, 1.54) is 69.1 Å². The fourth-order valence-electron chi connectivity index (χ4n) is 9.93. The van der Waals surface area contributed by atoms with E-state index in [9.17, 15) is 14.7 Å². The van der Waals surface area contributed by atoms with E-state index in [0.29, 0.717) is 5.41 Å². The van der Waals surface area contributed by atoms with Crippen LogP contribution in [0.4, 0.5) is 0 Å². The van der Waals surface area contributed by atoms with Crippen LogP contribution in [-0.2, 0) is 14.3 Å². The Hall–Kier alpha value is -2.30. The summed E-state index contributed by atoms with van der Waals surface area (Å²) in [6.45, 7) is 12.4. The quantitative estimate of drug-likeness (QED) is 0.170. The van der Waals surface area contributed by atoms with E-state index >= 15 is 0 Å². The molecular weight excluding hydrogens is 524 g/mol. The van der Waals surface area contributed by atoms with E-state index in [-0.39, 0.29) is 41.8 Å². The van der Waals surface area contributed by atoms with E-state index in [4.69, 9.17) is 9.47 Å². The summed E-state index contributed by atoms with van der Waals surface area (Å²) in [6.07, 6.45) is 16.1. The highest BCUT2D eigenvalue weighted by atomic mass is 16.5. The van der Waals surface area contributed by atoms with Crippen LogP contribution in [-0.4, -0.2) is 23.1 Å². The molecule has 0 spiro atoms. The molecular formula is C37H54O5. The van der Waals surface area contributed by atoms with Crippen molar-refractivity contribution in [3.63, 3.8) is 0 Å². The first kappa shape index (κ1) is 31.1. The minimum absolute atomic E-state index is 0.00643. The topological polar surface area (TPSA) is 72.8 Å². The molecule has 5 rings (SSSR count). The third kappa shape index (κ3) is 6.45. The molecule has 3 fully saturated rings. The van der Waals surface area contributed by atoms with Gasteiger partial charge in [0.2, 0.25) is 0 Å². The average Bonchev–Trinajstić information content (AvgIpc) is 3.29. The maximum absolute atomic E-state index is 12.6. The third-order valence-electron chi connectivity index (χ3n) is 12.1. The van der Waals surface area contributed by atoms with Crippen molar-refractivity contribution >= 4 is 11.9 Å². The molecule has 1 aromatic rings. The molecule has 0 aromatic heterocycles. The molecule has 5 heteroatoms. The number of ether oxygens (including phenoxy) is 2. The van der Waals surface area contributed by atoms with Crippen LogP contribution >= 0.6 is 0 Å². The normalized spacial score (nSPS) is 34.5. The number of fused-ring (bicyclic) bond motifs is 5. The van der Waals surface area contributed by atoms with Crippen molar-refractivity contribution in [3.8, 4) is 11.5 Å². The monoisotopic (exact) mass is 578 g/mol. The molecule has 0 saturated heterocycles. The summed E-state index contributed by atoms with van der Waals surface area (Å²) in [7, 11) is 0. The van der Waals surface area contributed by atoms with Gasteiger partial charge in [-0.05, 0) is 103 Å². The van der Waals surface area contributed by atoms with Crippen molar-refractivity contribution in [1.82, 2.24) is 0 Å². The van der Waals surface area contributed by atoms with Crippen LogP contribution in [0, 0.1) is 46.3 Å².